The molecule has 0 fully saturated rings. The van der Waals surface area contributed by atoms with Gasteiger partial charge in [-0.1, -0.05) is 18.2 Å². The van der Waals surface area contributed by atoms with Gasteiger partial charge in [-0.3, -0.25) is 4.98 Å². The monoisotopic (exact) mass is 322 g/mol. The van der Waals surface area contributed by atoms with Gasteiger partial charge in [0.15, 0.2) is 0 Å². The maximum atomic E-state index is 12.0. The molecular formula is C19H18N2O3. The highest BCUT2D eigenvalue weighted by atomic mass is 16.5. The molecule has 0 aliphatic heterocycles. The Kier molecular flexibility index (Phi) is 4.91. The van der Waals surface area contributed by atoms with Crippen molar-refractivity contribution >= 4 is 5.97 Å². The number of esters is 1. The molecule has 2 heterocycles. The molecule has 5 nitrogen and oxygen atoms in total. The largest absolute Gasteiger partial charge is 0.487 e. The molecule has 1 aromatic carbocycles. The first kappa shape index (κ1) is 15.8. The van der Waals surface area contributed by atoms with E-state index >= 15 is 0 Å². The molecule has 0 N–H and O–H groups in total. The van der Waals surface area contributed by atoms with E-state index in [4.69, 9.17) is 9.47 Å². The molecule has 122 valence electrons. The summed E-state index contributed by atoms with van der Waals surface area (Å²) in [5.74, 6) is 0.413. The number of pyridine rings is 1. The molecule has 0 saturated heterocycles. The van der Waals surface area contributed by atoms with Gasteiger partial charge in [0.1, 0.15) is 24.7 Å². The molecular weight excluding hydrogens is 304 g/mol. The molecule has 0 spiro atoms. The van der Waals surface area contributed by atoms with Gasteiger partial charge in [-0.25, -0.2) is 4.79 Å². The summed E-state index contributed by atoms with van der Waals surface area (Å²) in [6, 6.07) is 16.7. The molecule has 0 saturated carbocycles. The lowest BCUT2D eigenvalue weighted by molar-refractivity contribution is 0.0461. The highest BCUT2D eigenvalue weighted by molar-refractivity contribution is 5.87. The molecule has 0 bridgehead atoms. The van der Waals surface area contributed by atoms with Crippen LogP contribution in [0, 0.1) is 0 Å². The first-order chi connectivity index (χ1) is 11.7. The van der Waals surface area contributed by atoms with Gasteiger partial charge in [-0.15, -0.1) is 0 Å². The summed E-state index contributed by atoms with van der Waals surface area (Å²) in [5, 5.41) is 0. The highest BCUT2D eigenvalue weighted by Crippen LogP contribution is 2.15. The fourth-order valence-corrected chi connectivity index (χ4v) is 2.22. The molecule has 2 aromatic heterocycles. The molecule has 0 aliphatic rings. The van der Waals surface area contributed by atoms with Crippen molar-refractivity contribution in [3.63, 3.8) is 0 Å². The van der Waals surface area contributed by atoms with E-state index in [1.165, 1.54) is 0 Å². The van der Waals surface area contributed by atoms with Crippen LogP contribution in [0.1, 0.15) is 21.7 Å². The summed E-state index contributed by atoms with van der Waals surface area (Å²) in [7, 11) is 1.81. The Morgan fingerprint density at radius 3 is 2.54 bits per heavy atom. The van der Waals surface area contributed by atoms with Crippen LogP contribution >= 0.6 is 0 Å². The molecule has 0 aliphatic carbocycles. The number of rotatable bonds is 6. The number of aromatic nitrogens is 2. The summed E-state index contributed by atoms with van der Waals surface area (Å²) in [6.07, 6.45) is 3.55. The van der Waals surface area contributed by atoms with Gasteiger partial charge in [-0.05, 0) is 42.0 Å². The van der Waals surface area contributed by atoms with E-state index in [0.717, 1.165) is 17.0 Å². The van der Waals surface area contributed by atoms with E-state index in [9.17, 15) is 4.79 Å². The quantitative estimate of drug-likeness (QED) is 0.653. The first-order valence-electron chi connectivity index (χ1n) is 7.62. The van der Waals surface area contributed by atoms with Crippen LogP contribution in [0.25, 0.3) is 0 Å². The smallest absolute Gasteiger partial charge is 0.355 e. The molecule has 0 amide bonds. The Bertz CT molecular complexity index is 795. The third-order valence-electron chi connectivity index (χ3n) is 3.56. The van der Waals surface area contributed by atoms with Crippen LogP contribution in [0.3, 0.4) is 0 Å². The van der Waals surface area contributed by atoms with Crippen LogP contribution in [0.5, 0.6) is 5.75 Å². The number of benzene rings is 1. The minimum absolute atomic E-state index is 0.227. The van der Waals surface area contributed by atoms with Crippen molar-refractivity contribution in [1.82, 2.24) is 9.55 Å². The number of nitrogens with zero attached hydrogens (tertiary/aromatic N) is 2. The highest BCUT2D eigenvalue weighted by Gasteiger charge is 2.10. The van der Waals surface area contributed by atoms with Crippen LogP contribution in [-0.4, -0.2) is 15.5 Å². The lowest BCUT2D eigenvalue weighted by Gasteiger charge is -2.08. The van der Waals surface area contributed by atoms with E-state index in [1.807, 2.05) is 61.8 Å². The summed E-state index contributed by atoms with van der Waals surface area (Å²) in [6.45, 7) is 0.646. The van der Waals surface area contributed by atoms with Gasteiger partial charge in [0.2, 0.25) is 0 Å². The van der Waals surface area contributed by atoms with Gasteiger partial charge in [0, 0.05) is 19.4 Å². The van der Waals surface area contributed by atoms with Crippen molar-refractivity contribution in [2.45, 2.75) is 13.2 Å². The molecule has 0 atom stereocenters. The normalized spacial score (nSPS) is 10.4. The van der Waals surface area contributed by atoms with E-state index < -0.39 is 0 Å². The minimum atomic E-state index is -0.335. The van der Waals surface area contributed by atoms with Crippen molar-refractivity contribution < 1.29 is 14.3 Å². The molecule has 0 radical (unpaired) electrons. The lowest BCUT2D eigenvalue weighted by Crippen LogP contribution is -2.09. The van der Waals surface area contributed by atoms with Crippen molar-refractivity contribution in [2.75, 3.05) is 0 Å². The topological polar surface area (TPSA) is 53.4 Å². The van der Waals surface area contributed by atoms with E-state index in [1.54, 1.807) is 16.8 Å². The zero-order valence-corrected chi connectivity index (χ0v) is 13.4. The van der Waals surface area contributed by atoms with Crippen LogP contribution in [-0.2, 0) is 25.0 Å². The van der Waals surface area contributed by atoms with E-state index in [0.29, 0.717) is 12.3 Å². The summed E-state index contributed by atoms with van der Waals surface area (Å²) < 4.78 is 12.7. The Labute approximate surface area is 140 Å². The second-order valence-electron chi connectivity index (χ2n) is 5.33. The van der Waals surface area contributed by atoms with Crippen molar-refractivity contribution in [2.24, 2.45) is 7.05 Å². The van der Waals surface area contributed by atoms with E-state index in [-0.39, 0.29) is 12.6 Å². The lowest BCUT2D eigenvalue weighted by atomic mass is 10.2. The van der Waals surface area contributed by atoms with Gasteiger partial charge in [-0.2, -0.15) is 0 Å². The third kappa shape index (κ3) is 4.01. The van der Waals surface area contributed by atoms with Gasteiger partial charge in [0.05, 0.1) is 5.69 Å². The predicted molar refractivity (Wildman–Crippen MR) is 89.5 cm³/mol. The standard InChI is InChI=1S/C19H18N2O3/c1-21-12-4-6-18(21)19(22)24-13-15-7-9-17(10-8-15)23-14-16-5-2-3-11-20-16/h2-12H,13-14H2,1H3. The fourth-order valence-electron chi connectivity index (χ4n) is 2.22. The minimum Gasteiger partial charge on any atom is -0.487 e. The Balaban J connectivity index is 1.51. The number of carbonyl (C=O) groups is 1. The molecule has 5 heteroatoms. The van der Waals surface area contributed by atoms with Gasteiger partial charge < -0.3 is 14.0 Å². The number of aryl methyl sites for hydroxylation is 1. The SMILES string of the molecule is Cn1cccc1C(=O)OCc1ccc(OCc2ccccn2)cc1. The second kappa shape index (κ2) is 7.46. The van der Waals surface area contributed by atoms with Gasteiger partial charge >= 0.3 is 5.97 Å². The number of hydrogen-bond acceptors (Lipinski definition) is 4. The first-order valence-corrected chi connectivity index (χ1v) is 7.62. The average Bonchev–Trinajstić information content (AvgIpc) is 3.06. The average molecular weight is 322 g/mol. The molecule has 3 aromatic rings. The maximum Gasteiger partial charge on any atom is 0.355 e. The zero-order chi connectivity index (χ0) is 16.8. The Morgan fingerprint density at radius 1 is 1.04 bits per heavy atom. The second-order valence-corrected chi connectivity index (χ2v) is 5.33. The van der Waals surface area contributed by atoms with Crippen molar-refractivity contribution in [1.29, 1.82) is 0 Å². The van der Waals surface area contributed by atoms with Crippen molar-refractivity contribution in [3.05, 3.63) is 83.9 Å². The summed E-state index contributed by atoms with van der Waals surface area (Å²) >= 11 is 0. The Morgan fingerprint density at radius 2 is 1.88 bits per heavy atom. The molecule has 3 rings (SSSR count). The Hall–Kier alpha value is -3.08. The zero-order valence-electron chi connectivity index (χ0n) is 13.4. The maximum absolute atomic E-state index is 12.0. The van der Waals surface area contributed by atoms with Crippen molar-refractivity contribution in [3.8, 4) is 5.75 Å². The number of ether oxygens (including phenoxy) is 2. The molecule has 0 unspecified atom stereocenters. The number of carbonyl (C=O) groups excluding carboxylic acids is 1. The van der Waals surface area contributed by atoms with Gasteiger partial charge in [0.25, 0.3) is 0 Å². The van der Waals surface area contributed by atoms with Crippen LogP contribution < -0.4 is 4.74 Å². The van der Waals surface area contributed by atoms with Crippen LogP contribution in [0.2, 0.25) is 0 Å². The fraction of sp³-hybridized carbons (Fsp3) is 0.158. The van der Waals surface area contributed by atoms with E-state index in [2.05, 4.69) is 4.98 Å². The summed E-state index contributed by atoms with van der Waals surface area (Å²) in [5.41, 5.74) is 2.31. The van der Waals surface area contributed by atoms with Crippen LogP contribution in [0.15, 0.2) is 67.0 Å². The molecule has 24 heavy (non-hydrogen) atoms. The number of hydrogen-bond donors (Lipinski definition) is 0. The van der Waals surface area contributed by atoms with Crippen LogP contribution in [0.4, 0.5) is 0 Å². The summed E-state index contributed by atoms with van der Waals surface area (Å²) in [4.78, 5) is 16.2. The predicted octanol–water partition coefficient (Wildman–Crippen LogP) is 3.36. The third-order valence-corrected chi connectivity index (χ3v) is 3.56.